The Labute approximate surface area is 137 Å². The van der Waals surface area contributed by atoms with Gasteiger partial charge in [0, 0.05) is 12.2 Å². The summed E-state index contributed by atoms with van der Waals surface area (Å²) in [6, 6.07) is 16.8. The molecule has 1 fully saturated rings. The second-order valence-corrected chi connectivity index (χ2v) is 7.27. The number of benzene rings is 2. The molecule has 0 amide bonds. The van der Waals surface area contributed by atoms with E-state index < -0.39 is 10.1 Å². The lowest BCUT2D eigenvalue weighted by Crippen LogP contribution is -2.30. The smallest absolute Gasteiger partial charge is 0.311 e. The van der Waals surface area contributed by atoms with E-state index in [0.29, 0.717) is 12.4 Å². The lowest BCUT2D eigenvalue weighted by Gasteiger charge is -2.22. The lowest BCUT2D eigenvalue weighted by atomic mass is 10.1. The van der Waals surface area contributed by atoms with Crippen LogP contribution in [-0.4, -0.2) is 26.9 Å². The minimum absolute atomic E-state index is 0.101. The van der Waals surface area contributed by atoms with Crippen molar-refractivity contribution >= 4 is 10.1 Å². The summed E-state index contributed by atoms with van der Waals surface area (Å²) in [6.07, 6.45) is 2.50. The van der Waals surface area contributed by atoms with Crippen LogP contribution in [0, 0.1) is 0 Å². The van der Waals surface area contributed by atoms with E-state index in [-0.39, 0.29) is 11.9 Å². The third-order valence-electron chi connectivity index (χ3n) is 3.85. The van der Waals surface area contributed by atoms with Crippen LogP contribution in [0.2, 0.25) is 0 Å². The molecular weight excluding hydrogens is 312 g/mol. The van der Waals surface area contributed by atoms with Crippen molar-refractivity contribution in [3.8, 4) is 16.9 Å². The minimum Gasteiger partial charge on any atom is -0.382 e. The Hall–Kier alpha value is -1.85. The first-order valence-corrected chi connectivity index (χ1v) is 9.40. The Kier molecular flexibility index (Phi) is 4.98. The first-order valence-electron chi connectivity index (χ1n) is 7.82. The molecular formula is C18H20O4S. The van der Waals surface area contributed by atoms with Gasteiger partial charge in [0.05, 0.1) is 6.10 Å². The third kappa shape index (κ3) is 4.33. The van der Waals surface area contributed by atoms with Crippen LogP contribution in [0.15, 0.2) is 54.6 Å². The van der Waals surface area contributed by atoms with Crippen LogP contribution in [0.4, 0.5) is 0 Å². The number of hydrogen-bond donors (Lipinski definition) is 0. The molecule has 2 aromatic carbocycles. The second kappa shape index (κ2) is 7.15. The van der Waals surface area contributed by atoms with Gasteiger partial charge in [-0.15, -0.1) is 0 Å². The van der Waals surface area contributed by atoms with E-state index in [2.05, 4.69) is 0 Å². The van der Waals surface area contributed by atoms with Gasteiger partial charge >= 0.3 is 10.1 Å². The first kappa shape index (κ1) is 16.0. The monoisotopic (exact) mass is 332 g/mol. The van der Waals surface area contributed by atoms with Gasteiger partial charge in [0.2, 0.25) is 0 Å². The van der Waals surface area contributed by atoms with Gasteiger partial charge in [-0.1, -0.05) is 48.5 Å². The molecule has 1 aliphatic heterocycles. The van der Waals surface area contributed by atoms with Crippen LogP contribution in [0.25, 0.3) is 11.1 Å². The third-order valence-corrected chi connectivity index (χ3v) is 5.07. The molecule has 2 aromatic rings. The summed E-state index contributed by atoms with van der Waals surface area (Å²) in [7, 11) is -3.69. The molecule has 122 valence electrons. The minimum atomic E-state index is -3.69. The standard InChI is InChI=1S/C18H20O4S/c19-23(20,14-16-10-6-7-13-21-16)22-18-12-5-4-11-17(18)15-8-2-1-3-9-15/h1-5,8-9,11-12,16H,6-7,10,13-14H2. The topological polar surface area (TPSA) is 52.6 Å². The van der Waals surface area contributed by atoms with Gasteiger partial charge in [-0.25, -0.2) is 0 Å². The molecule has 1 aliphatic rings. The highest BCUT2D eigenvalue weighted by atomic mass is 32.2. The first-order chi connectivity index (χ1) is 11.1. The molecule has 1 heterocycles. The molecule has 0 bridgehead atoms. The summed E-state index contributed by atoms with van der Waals surface area (Å²) in [5.74, 6) is 0.255. The predicted octanol–water partition coefficient (Wildman–Crippen LogP) is 3.63. The molecule has 1 unspecified atom stereocenters. The molecule has 1 atom stereocenters. The fourth-order valence-corrected chi connectivity index (χ4v) is 3.94. The highest BCUT2D eigenvalue weighted by molar-refractivity contribution is 7.87. The average molecular weight is 332 g/mol. The van der Waals surface area contributed by atoms with Crippen molar-refractivity contribution in [2.24, 2.45) is 0 Å². The maximum absolute atomic E-state index is 12.3. The molecule has 0 aliphatic carbocycles. The van der Waals surface area contributed by atoms with Gasteiger partial charge in [-0.3, -0.25) is 0 Å². The van der Waals surface area contributed by atoms with Gasteiger partial charge in [-0.2, -0.15) is 8.42 Å². The van der Waals surface area contributed by atoms with Crippen LogP contribution in [-0.2, 0) is 14.9 Å². The Bertz CT molecular complexity index is 735. The van der Waals surface area contributed by atoms with Crippen LogP contribution >= 0.6 is 0 Å². The largest absolute Gasteiger partial charge is 0.382 e. The zero-order valence-corrected chi connectivity index (χ0v) is 13.7. The second-order valence-electron chi connectivity index (χ2n) is 5.66. The number of hydrogen-bond acceptors (Lipinski definition) is 4. The van der Waals surface area contributed by atoms with Gasteiger partial charge in [0.15, 0.2) is 0 Å². The van der Waals surface area contributed by atoms with Gasteiger partial charge < -0.3 is 8.92 Å². The highest BCUT2D eigenvalue weighted by Gasteiger charge is 2.24. The summed E-state index contributed by atoms with van der Waals surface area (Å²) in [5, 5.41) is 0. The average Bonchev–Trinajstić information content (AvgIpc) is 2.56. The maximum atomic E-state index is 12.3. The zero-order chi connectivity index (χ0) is 16.1. The van der Waals surface area contributed by atoms with E-state index >= 15 is 0 Å². The zero-order valence-electron chi connectivity index (χ0n) is 12.9. The lowest BCUT2D eigenvalue weighted by molar-refractivity contribution is 0.0298. The van der Waals surface area contributed by atoms with Crippen molar-refractivity contribution in [3.05, 3.63) is 54.6 Å². The van der Waals surface area contributed by atoms with Crippen molar-refractivity contribution in [2.75, 3.05) is 12.4 Å². The van der Waals surface area contributed by atoms with Gasteiger partial charge in [-0.05, 0) is 30.9 Å². The SMILES string of the molecule is O=S(=O)(CC1CCCCO1)Oc1ccccc1-c1ccccc1. The number of para-hydroxylation sites is 1. The highest BCUT2D eigenvalue weighted by Crippen LogP contribution is 2.31. The maximum Gasteiger partial charge on any atom is 0.311 e. The van der Waals surface area contributed by atoms with E-state index in [1.54, 1.807) is 12.1 Å². The molecule has 0 saturated carbocycles. The van der Waals surface area contributed by atoms with Crippen LogP contribution in [0.5, 0.6) is 5.75 Å². The summed E-state index contributed by atoms with van der Waals surface area (Å²) < 4.78 is 35.6. The molecule has 4 nitrogen and oxygen atoms in total. The number of rotatable bonds is 5. The van der Waals surface area contributed by atoms with Crippen molar-refractivity contribution in [1.29, 1.82) is 0 Å². The van der Waals surface area contributed by atoms with Crippen molar-refractivity contribution in [2.45, 2.75) is 25.4 Å². The van der Waals surface area contributed by atoms with Gasteiger partial charge in [0.25, 0.3) is 0 Å². The van der Waals surface area contributed by atoms with E-state index in [1.807, 2.05) is 42.5 Å². The molecule has 1 saturated heterocycles. The van der Waals surface area contributed by atoms with E-state index in [0.717, 1.165) is 30.4 Å². The molecule has 0 N–H and O–H groups in total. The Morgan fingerprint density at radius 2 is 1.74 bits per heavy atom. The summed E-state index contributed by atoms with van der Waals surface area (Å²) in [5.41, 5.74) is 1.69. The molecule has 0 spiro atoms. The molecule has 0 aromatic heterocycles. The van der Waals surface area contributed by atoms with Crippen molar-refractivity contribution < 1.29 is 17.3 Å². The summed E-state index contributed by atoms with van der Waals surface area (Å²) >= 11 is 0. The predicted molar refractivity (Wildman–Crippen MR) is 89.9 cm³/mol. The Morgan fingerprint density at radius 1 is 1.00 bits per heavy atom. The van der Waals surface area contributed by atoms with E-state index in [9.17, 15) is 8.42 Å². The van der Waals surface area contributed by atoms with Crippen LogP contribution < -0.4 is 4.18 Å². The van der Waals surface area contributed by atoms with E-state index in [4.69, 9.17) is 8.92 Å². The van der Waals surface area contributed by atoms with Crippen molar-refractivity contribution in [3.63, 3.8) is 0 Å². The van der Waals surface area contributed by atoms with E-state index in [1.165, 1.54) is 0 Å². The fraction of sp³-hybridized carbons (Fsp3) is 0.333. The quantitative estimate of drug-likeness (QED) is 0.785. The van der Waals surface area contributed by atoms with Crippen molar-refractivity contribution in [1.82, 2.24) is 0 Å². The molecule has 0 radical (unpaired) electrons. The van der Waals surface area contributed by atoms with Crippen LogP contribution in [0.3, 0.4) is 0 Å². The Morgan fingerprint density at radius 3 is 2.48 bits per heavy atom. The fourth-order valence-electron chi connectivity index (χ4n) is 2.73. The number of ether oxygens (including phenoxy) is 1. The molecule has 5 heteroatoms. The normalized spacial score (nSPS) is 18.5. The van der Waals surface area contributed by atoms with Gasteiger partial charge in [0.1, 0.15) is 11.5 Å². The molecule has 23 heavy (non-hydrogen) atoms. The summed E-state index contributed by atoms with van der Waals surface area (Å²) in [4.78, 5) is 0. The van der Waals surface area contributed by atoms with Crippen LogP contribution in [0.1, 0.15) is 19.3 Å². The summed E-state index contributed by atoms with van der Waals surface area (Å²) in [6.45, 7) is 0.626. The Balaban J connectivity index is 1.79. The molecule has 3 rings (SSSR count).